The van der Waals surface area contributed by atoms with Crippen molar-refractivity contribution < 1.29 is 69.4 Å². The maximum absolute atomic E-state index is 13.2. The molecule has 0 aliphatic carbocycles. The summed E-state index contributed by atoms with van der Waals surface area (Å²) in [5.74, 6) is -8.71. The van der Waals surface area contributed by atoms with Crippen molar-refractivity contribution in [1.82, 2.24) is 47.0 Å². The van der Waals surface area contributed by atoms with Gasteiger partial charge in [-0.2, -0.15) is 26.3 Å². The molecule has 64 heavy (non-hydrogen) atoms. The van der Waals surface area contributed by atoms with Gasteiger partial charge in [0.25, 0.3) is 0 Å². The van der Waals surface area contributed by atoms with E-state index in [4.69, 9.17) is 4.74 Å². The first kappa shape index (κ1) is 59.3. The number of hydrogen-bond donors (Lipinski definition) is 7. The van der Waals surface area contributed by atoms with E-state index in [0.717, 1.165) is 6.54 Å². The molecule has 0 radical (unpaired) electrons. The Morgan fingerprint density at radius 3 is 1.41 bits per heavy atom. The van der Waals surface area contributed by atoms with Gasteiger partial charge in [-0.1, -0.05) is 13.8 Å². The molecular weight excluding hydrogens is 864 g/mol. The van der Waals surface area contributed by atoms with Gasteiger partial charge in [0.05, 0.1) is 6.54 Å². The van der Waals surface area contributed by atoms with Gasteiger partial charge in [-0.25, -0.2) is 4.79 Å². The fraction of sp³-hybridized carbons (Fsp3) is 0.800. The van der Waals surface area contributed by atoms with Crippen LogP contribution in [-0.2, 0) is 43.1 Å². The van der Waals surface area contributed by atoms with Crippen LogP contribution in [0.25, 0.3) is 0 Å². The molecule has 0 rings (SSSR count). The number of nitrogens with zero attached hydrogens (tertiary/aromatic N) is 2. The lowest BCUT2D eigenvalue weighted by Crippen LogP contribution is -2.48. The average molecular weight is 934 g/mol. The van der Waals surface area contributed by atoms with Gasteiger partial charge in [0.1, 0.15) is 18.7 Å². The highest BCUT2D eigenvalue weighted by molar-refractivity contribution is 5.88. The quantitative estimate of drug-likeness (QED) is 0.0281. The van der Waals surface area contributed by atoms with E-state index in [1.54, 1.807) is 10.6 Å². The van der Waals surface area contributed by atoms with Crippen molar-refractivity contribution in [3.8, 4) is 0 Å². The normalized spacial score (nSPS) is 13.5. The Morgan fingerprint density at radius 2 is 0.906 bits per heavy atom. The molecule has 0 heterocycles. The highest BCUT2D eigenvalue weighted by atomic mass is 19.4. The number of amides is 7. The second-order valence-corrected chi connectivity index (χ2v) is 16.0. The second-order valence-electron chi connectivity index (χ2n) is 16.0. The lowest BCUT2D eigenvalue weighted by Gasteiger charge is -2.21. The molecule has 7 N–H and O–H groups in total. The van der Waals surface area contributed by atoms with E-state index in [-0.39, 0.29) is 103 Å². The molecule has 4 unspecified atom stereocenters. The predicted octanol–water partition coefficient (Wildman–Crippen LogP) is 1.28. The number of esters is 1. The zero-order valence-corrected chi connectivity index (χ0v) is 37.8. The minimum Gasteiger partial charge on any atom is -0.462 e. The summed E-state index contributed by atoms with van der Waals surface area (Å²) in [5, 5.41) is 16.8. The van der Waals surface area contributed by atoms with Gasteiger partial charge < -0.3 is 51.8 Å². The molecule has 0 fully saturated rings. The van der Waals surface area contributed by atoms with Crippen LogP contribution >= 0.6 is 0 Å². The Labute approximate surface area is 371 Å². The van der Waals surface area contributed by atoms with Crippen LogP contribution in [0, 0.1) is 11.8 Å². The van der Waals surface area contributed by atoms with E-state index < -0.39 is 71.8 Å². The third-order valence-electron chi connectivity index (χ3n) is 9.49. The first-order valence-corrected chi connectivity index (χ1v) is 21.4. The van der Waals surface area contributed by atoms with Crippen LogP contribution in [0.4, 0.5) is 26.3 Å². The van der Waals surface area contributed by atoms with Crippen molar-refractivity contribution in [2.24, 2.45) is 11.8 Å². The van der Waals surface area contributed by atoms with Crippen LogP contribution in [0.5, 0.6) is 0 Å². The second kappa shape index (κ2) is 32.0. The zero-order chi connectivity index (χ0) is 48.9. The standard InChI is InChI=1S/C40H69F6N9O9/c1-27(13-7-21-50-37(62)39(41,42)43)33(58)48-20-10-16-30(53-34(59)28(2)14-8-22-51-38(63)40(44,45)46)36(61)64-26-23-49-35(60)29(52-32(57)18-12-25-55(5)6)15-9-19-47-31(56)17-11-24-54(3)4/h27-30H,7-26H2,1-6H3,(H,47,56)(H,48,58)(H,49,60)(H,50,62)(H,51,63)(H,52,57)(H,53,59). The molecule has 0 aromatic rings. The molecule has 370 valence electrons. The molecular formula is C40H69F6N9O9. The molecule has 4 atom stereocenters. The summed E-state index contributed by atoms with van der Waals surface area (Å²) in [4.78, 5) is 103. The summed E-state index contributed by atoms with van der Waals surface area (Å²) in [6.07, 6.45) is -7.43. The maximum atomic E-state index is 13.2. The highest BCUT2D eigenvalue weighted by Crippen LogP contribution is 2.16. The summed E-state index contributed by atoms with van der Waals surface area (Å²) < 4.78 is 79.9. The van der Waals surface area contributed by atoms with Crippen molar-refractivity contribution >= 4 is 47.3 Å². The Bertz CT molecular complexity index is 1470. The highest BCUT2D eigenvalue weighted by Gasteiger charge is 2.39. The van der Waals surface area contributed by atoms with Gasteiger partial charge in [-0.05, 0) is 105 Å². The van der Waals surface area contributed by atoms with E-state index in [1.165, 1.54) is 13.8 Å². The zero-order valence-electron chi connectivity index (χ0n) is 37.8. The average Bonchev–Trinajstić information content (AvgIpc) is 3.20. The van der Waals surface area contributed by atoms with Crippen LogP contribution in [-0.4, -0.2) is 162 Å². The molecule has 0 saturated carbocycles. The van der Waals surface area contributed by atoms with Crippen LogP contribution in [0.2, 0.25) is 0 Å². The van der Waals surface area contributed by atoms with Gasteiger partial charge in [0, 0.05) is 50.9 Å². The van der Waals surface area contributed by atoms with Crippen LogP contribution < -0.4 is 37.2 Å². The number of hydrogen-bond acceptors (Lipinski definition) is 11. The fourth-order valence-electron chi connectivity index (χ4n) is 5.76. The Balaban J connectivity index is 5.43. The summed E-state index contributed by atoms with van der Waals surface area (Å²) in [7, 11) is 7.53. The van der Waals surface area contributed by atoms with E-state index in [0.29, 0.717) is 32.2 Å². The Morgan fingerprint density at radius 1 is 0.484 bits per heavy atom. The minimum atomic E-state index is -5.07. The molecule has 7 amide bonds. The Hall–Kier alpha value is -4.74. The van der Waals surface area contributed by atoms with Crippen molar-refractivity contribution in [2.45, 2.75) is 115 Å². The Kier molecular flexibility index (Phi) is 29.6. The number of halogens is 6. The number of ether oxygens (including phenoxy) is 1. The third-order valence-corrected chi connectivity index (χ3v) is 9.49. The monoisotopic (exact) mass is 934 g/mol. The van der Waals surface area contributed by atoms with Crippen molar-refractivity contribution in [1.29, 1.82) is 0 Å². The lowest BCUT2D eigenvalue weighted by atomic mass is 10.0. The minimum absolute atomic E-state index is 0.00730. The molecule has 0 aromatic heterocycles. The molecule has 0 saturated heterocycles. The molecule has 0 spiro atoms. The van der Waals surface area contributed by atoms with E-state index >= 15 is 0 Å². The number of alkyl halides is 6. The molecule has 0 aliphatic heterocycles. The van der Waals surface area contributed by atoms with E-state index in [2.05, 4.69) is 26.6 Å². The summed E-state index contributed by atoms with van der Waals surface area (Å²) in [6, 6.07) is -2.23. The molecule has 0 bridgehead atoms. The van der Waals surface area contributed by atoms with Gasteiger partial charge in [-0.3, -0.25) is 33.6 Å². The fourth-order valence-corrected chi connectivity index (χ4v) is 5.76. The molecule has 24 heteroatoms. The van der Waals surface area contributed by atoms with Gasteiger partial charge in [0.2, 0.25) is 29.5 Å². The molecule has 18 nitrogen and oxygen atoms in total. The van der Waals surface area contributed by atoms with Crippen molar-refractivity contribution in [3.05, 3.63) is 0 Å². The number of rotatable bonds is 33. The van der Waals surface area contributed by atoms with Crippen molar-refractivity contribution in [3.63, 3.8) is 0 Å². The topological polar surface area (TPSA) is 236 Å². The first-order chi connectivity index (χ1) is 29.8. The lowest BCUT2D eigenvalue weighted by molar-refractivity contribution is -0.173. The smallest absolute Gasteiger partial charge is 0.462 e. The third kappa shape index (κ3) is 29.6. The van der Waals surface area contributed by atoms with Crippen molar-refractivity contribution in [2.75, 3.05) is 80.6 Å². The summed E-state index contributed by atoms with van der Waals surface area (Å²) in [6.45, 7) is 3.50. The molecule has 0 aromatic carbocycles. The SMILES string of the molecule is CC(CCCNC(=O)C(F)(F)F)C(=O)NCCCC(NC(=O)C(C)CCCNC(=O)C(F)(F)F)C(=O)OCCNC(=O)C(CCCNC(=O)CCCN(C)C)NC(=O)CCCN(C)C. The van der Waals surface area contributed by atoms with Gasteiger partial charge >= 0.3 is 30.1 Å². The summed E-state index contributed by atoms with van der Waals surface area (Å²) in [5.41, 5.74) is 0. The van der Waals surface area contributed by atoms with E-state index in [1.807, 2.05) is 38.0 Å². The van der Waals surface area contributed by atoms with Crippen LogP contribution in [0.1, 0.15) is 90.9 Å². The van der Waals surface area contributed by atoms with E-state index in [9.17, 15) is 64.7 Å². The molecule has 0 aliphatic rings. The van der Waals surface area contributed by atoms with Gasteiger partial charge in [-0.15, -0.1) is 0 Å². The number of nitrogens with one attached hydrogen (secondary N) is 7. The summed E-state index contributed by atoms with van der Waals surface area (Å²) >= 11 is 0. The van der Waals surface area contributed by atoms with Crippen LogP contribution in [0.3, 0.4) is 0 Å². The maximum Gasteiger partial charge on any atom is 0.471 e. The predicted molar refractivity (Wildman–Crippen MR) is 223 cm³/mol. The first-order valence-electron chi connectivity index (χ1n) is 21.4. The van der Waals surface area contributed by atoms with Gasteiger partial charge in [0.15, 0.2) is 0 Å². The number of carbonyl (C=O) groups is 8. The largest absolute Gasteiger partial charge is 0.471 e. The number of carbonyl (C=O) groups excluding carboxylic acids is 8. The van der Waals surface area contributed by atoms with Crippen LogP contribution in [0.15, 0.2) is 0 Å².